The molecule has 0 bridgehead atoms. The molecular weight excluding hydrogens is 394 g/mol. The van der Waals surface area contributed by atoms with Gasteiger partial charge in [0.05, 0.1) is 18.7 Å². The van der Waals surface area contributed by atoms with Crippen LogP contribution in [0.5, 0.6) is 5.75 Å². The molecule has 0 aliphatic heterocycles. The van der Waals surface area contributed by atoms with Crippen molar-refractivity contribution in [1.29, 1.82) is 0 Å². The molecule has 1 aromatic heterocycles. The minimum atomic E-state index is -0.869. The molecule has 168 valence electrons. The lowest BCUT2D eigenvalue weighted by Gasteiger charge is -2.28. The summed E-state index contributed by atoms with van der Waals surface area (Å²) in [6.45, 7) is 4.78. The highest BCUT2D eigenvalue weighted by molar-refractivity contribution is 5.78. The molecule has 1 amide bonds. The summed E-state index contributed by atoms with van der Waals surface area (Å²) in [4.78, 5) is 16.2. The molecule has 0 saturated heterocycles. The van der Waals surface area contributed by atoms with Gasteiger partial charge >= 0.3 is 0 Å². The molecule has 1 aliphatic carbocycles. The van der Waals surface area contributed by atoms with Gasteiger partial charge in [0.25, 0.3) is 0 Å². The number of β-amino-alcohol motifs (C(OH)–C–C–N with tert-alkyl or cyclic N) is 1. The van der Waals surface area contributed by atoms with Crippen molar-refractivity contribution in [3.05, 3.63) is 58.9 Å². The summed E-state index contributed by atoms with van der Waals surface area (Å²) < 4.78 is 0. The Labute approximate surface area is 183 Å². The number of hydrogen-bond donors (Lipinski definition) is 5. The van der Waals surface area contributed by atoms with Crippen LogP contribution in [-0.2, 0) is 24.2 Å². The second kappa shape index (κ2) is 10.2. The molecule has 3 rings (SSSR count). The average Bonchev–Trinajstić information content (AvgIpc) is 3.55. The third-order valence-electron chi connectivity index (χ3n) is 5.52. The molecule has 1 aromatic carbocycles. The molecule has 0 radical (unpaired) electrons. The predicted octanol–water partition coefficient (Wildman–Crippen LogP) is 1.99. The normalized spacial score (nSPS) is 15.0. The fourth-order valence-corrected chi connectivity index (χ4v) is 3.54. The molecule has 31 heavy (non-hydrogen) atoms. The largest absolute Gasteiger partial charge is 0.506 e. The van der Waals surface area contributed by atoms with E-state index in [9.17, 15) is 20.1 Å². The Morgan fingerprint density at radius 1 is 1.23 bits per heavy atom. The Hall–Kier alpha value is -2.48. The summed E-state index contributed by atoms with van der Waals surface area (Å²) in [5, 5.41) is 35.7. The van der Waals surface area contributed by atoms with Gasteiger partial charge in [-0.05, 0) is 62.3 Å². The lowest BCUT2D eigenvalue weighted by atomic mass is 9.93. The number of aromatic nitrogens is 1. The number of amides is 1. The number of carbonyl (C=O) groups is 1. The maximum atomic E-state index is 12.1. The standard InChI is InChI=1S/C24H33N3O4/c1-24(2,26-14-22(30)19-8-9-21(29)20(15-28)27-19)12-18-5-3-4-17(10-18)11-23(31)25-13-16-6-7-16/h3-5,8-10,16,22,26,28-30H,6-7,11-15H2,1-2H3,(H,25,31). The van der Waals surface area contributed by atoms with Gasteiger partial charge in [0.1, 0.15) is 17.5 Å². The van der Waals surface area contributed by atoms with Gasteiger partial charge in [-0.2, -0.15) is 0 Å². The van der Waals surface area contributed by atoms with Crippen molar-refractivity contribution in [3.63, 3.8) is 0 Å². The van der Waals surface area contributed by atoms with Crippen LogP contribution in [0.25, 0.3) is 0 Å². The summed E-state index contributed by atoms with van der Waals surface area (Å²) in [6.07, 6.45) is 2.68. The highest BCUT2D eigenvalue weighted by atomic mass is 16.3. The zero-order valence-electron chi connectivity index (χ0n) is 18.3. The summed E-state index contributed by atoms with van der Waals surface area (Å²) in [6, 6.07) is 11.0. The summed E-state index contributed by atoms with van der Waals surface area (Å²) in [7, 11) is 0. The molecule has 1 unspecified atom stereocenters. The predicted molar refractivity (Wildman–Crippen MR) is 118 cm³/mol. The van der Waals surface area contributed by atoms with E-state index in [4.69, 9.17) is 0 Å². The topological polar surface area (TPSA) is 115 Å². The van der Waals surface area contributed by atoms with Crippen molar-refractivity contribution in [2.24, 2.45) is 5.92 Å². The highest BCUT2D eigenvalue weighted by Crippen LogP contribution is 2.27. The molecular formula is C24H33N3O4. The van der Waals surface area contributed by atoms with Crippen LogP contribution in [0.2, 0.25) is 0 Å². The molecule has 7 nitrogen and oxygen atoms in total. The van der Waals surface area contributed by atoms with Crippen LogP contribution in [0, 0.1) is 5.92 Å². The quantitative estimate of drug-likeness (QED) is 0.375. The maximum absolute atomic E-state index is 12.1. The number of carbonyl (C=O) groups excluding carboxylic acids is 1. The van der Waals surface area contributed by atoms with Crippen molar-refractivity contribution in [2.45, 2.75) is 57.8 Å². The number of aromatic hydroxyl groups is 1. The Bertz CT molecular complexity index is 896. The lowest BCUT2D eigenvalue weighted by Crippen LogP contribution is -2.43. The Morgan fingerprint density at radius 2 is 1.97 bits per heavy atom. The average molecular weight is 428 g/mol. The van der Waals surface area contributed by atoms with Crippen molar-refractivity contribution in [3.8, 4) is 5.75 Å². The van der Waals surface area contributed by atoms with Crippen LogP contribution >= 0.6 is 0 Å². The molecule has 5 N–H and O–H groups in total. The molecule has 1 atom stereocenters. The van der Waals surface area contributed by atoms with Crippen molar-refractivity contribution in [2.75, 3.05) is 13.1 Å². The van der Waals surface area contributed by atoms with Crippen LogP contribution in [0.3, 0.4) is 0 Å². The van der Waals surface area contributed by atoms with Crippen molar-refractivity contribution >= 4 is 5.91 Å². The number of rotatable bonds is 11. The number of hydrogen-bond acceptors (Lipinski definition) is 6. The van der Waals surface area contributed by atoms with Gasteiger partial charge in [0.15, 0.2) is 0 Å². The van der Waals surface area contributed by atoms with Crippen molar-refractivity contribution in [1.82, 2.24) is 15.6 Å². The number of aliphatic hydroxyl groups excluding tert-OH is 2. The molecule has 7 heteroatoms. The lowest BCUT2D eigenvalue weighted by molar-refractivity contribution is -0.120. The number of nitrogens with one attached hydrogen (secondary N) is 2. The summed E-state index contributed by atoms with van der Waals surface area (Å²) in [5.41, 5.74) is 2.35. The van der Waals surface area contributed by atoms with Crippen LogP contribution < -0.4 is 10.6 Å². The number of benzene rings is 1. The summed E-state index contributed by atoms with van der Waals surface area (Å²) >= 11 is 0. The van der Waals surface area contributed by atoms with E-state index in [0.717, 1.165) is 24.1 Å². The van der Waals surface area contributed by atoms with Crippen LogP contribution in [0.4, 0.5) is 0 Å². The second-order valence-electron chi connectivity index (χ2n) is 9.06. The van der Waals surface area contributed by atoms with E-state index in [1.54, 1.807) is 6.07 Å². The smallest absolute Gasteiger partial charge is 0.224 e. The zero-order chi connectivity index (χ0) is 22.4. The van der Waals surface area contributed by atoms with Gasteiger partial charge in [0, 0.05) is 18.6 Å². The monoisotopic (exact) mass is 427 g/mol. The number of aliphatic hydroxyl groups is 2. The van der Waals surface area contributed by atoms with E-state index >= 15 is 0 Å². The van der Waals surface area contributed by atoms with E-state index < -0.39 is 6.10 Å². The fourth-order valence-electron chi connectivity index (χ4n) is 3.54. The van der Waals surface area contributed by atoms with Crippen LogP contribution in [-0.4, -0.2) is 44.8 Å². The zero-order valence-corrected chi connectivity index (χ0v) is 18.3. The fraction of sp³-hybridized carbons (Fsp3) is 0.500. The Morgan fingerprint density at radius 3 is 2.68 bits per heavy atom. The molecule has 0 spiro atoms. The van der Waals surface area contributed by atoms with E-state index in [-0.39, 0.29) is 36.0 Å². The minimum Gasteiger partial charge on any atom is -0.506 e. The maximum Gasteiger partial charge on any atom is 0.224 e. The Balaban J connectivity index is 1.53. The SMILES string of the molecule is CC(C)(Cc1cccc(CC(=O)NCC2CC2)c1)NCC(O)c1ccc(O)c(CO)n1. The first kappa shape index (κ1) is 23.2. The molecule has 1 aliphatic rings. The molecule has 2 aromatic rings. The van der Waals surface area contributed by atoms with Crippen LogP contribution in [0.1, 0.15) is 55.3 Å². The Kier molecular flexibility index (Phi) is 7.64. The first-order chi connectivity index (χ1) is 14.8. The summed E-state index contributed by atoms with van der Waals surface area (Å²) in [5.74, 6) is 0.644. The van der Waals surface area contributed by atoms with Gasteiger partial charge in [-0.1, -0.05) is 24.3 Å². The van der Waals surface area contributed by atoms with E-state index in [2.05, 4.69) is 35.5 Å². The van der Waals surface area contributed by atoms with E-state index in [0.29, 0.717) is 18.0 Å². The van der Waals surface area contributed by atoms with Gasteiger partial charge in [0.2, 0.25) is 5.91 Å². The third kappa shape index (κ3) is 7.31. The highest BCUT2D eigenvalue weighted by Gasteiger charge is 2.22. The van der Waals surface area contributed by atoms with Gasteiger partial charge in [-0.25, -0.2) is 4.98 Å². The van der Waals surface area contributed by atoms with Crippen molar-refractivity contribution < 1.29 is 20.1 Å². The van der Waals surface area contributed by atoms with Gasteiger partial charge in [-0.15, -0.1) is 0 Å². The van der Waals surface area contributed by atoms with Crippen LogP contribution in [0.15, 0.2) is 36.4 Å². The molecule has 1 saturated carbocycles. The van der Waals surface area contributed by atoms with Gasteiger partial charge < -0.3 is 26.0 Å². The van der Waals surface area contributed by atoms with Gasteiger partial charge in [-0.3, -0.25) is 4.79 Å². The molecule has 1 heterocycles. The first-order valence-corrected chi connectivity index (χ1v) is 10.8. The molecule has 1 fully saturated rings. The van der Waals surface area contributed by atoms with E-state index in [1.165, 1.54) is 18.9 Å². The third-order valence-corrected chi connectivity index (χ3v) is 5.52. The van der Waals surface area contributed by atoms with E-state index in [1.807, 2.05) is 18.2 Å². The number of nitrogens with zero attached hydrogens (tertiary/aromatic N) is 1. The number of pyridine rings is 1. The first-order valence-electron chi connectivity index (χ1n) is 10.8. The second-order valence-corrected chi connectivity index (χ2v) is 9.06. The minimum absolute atomic E-state index is 0.0632.